The summed E-state index contributed by atoms with van der Waals surface area (Å²) >= 11 is 0. The van der Waals surface area contributed by atoms with E-state index in [1.807, 2.05) is 0 Å². The summed E-state index contributed by atoms with van der Waals surface area (Å²) in [6.07, 6.45) is -3.13. The van der Waals surface area contributed by atoms with Crippen molar-refractivity contribution in [1.29, 1.82) is 0 Å². The molecule has 29 heavy (non-hydrogen) atoms. The van der Waals surface area contributed by atoms with Gasteiger partial charge in [0.05, 0.1) is 4.90 Å². The van der Waals surface area contributed by atoms with Crippen molar-refractivity contribution < 1.29 is 21.9 Å². The normalized spacial score (nSPS) is 12.2. The fourth-order valence-corrected chi connectivity index (χ4v) is 3.56. The summed E-state index contributed by atoms with van der Waals surface area (Å²) < 4.78 is 59.6. The van der Waals surface area contributed by atoms with Crippen LogP contribution in [0, 0.1) is 0 Å². The number of nitrogens with zero attached hydrogens (tertiary/aromatic N) is 4. The van der Waals surface area contributed by atoms with Gasteiger partial charge in [-0.1, -0.05) is 24.3 Å². The zero-order chi connectivity index (χ0) is 21.2. The maximum absolute atomic E-state index is 13.4. The van der Waals surface area contributed by atoms with Crippen molar-refractivity contribution in [2.24, 2.45) is 7.05 Å². The van der Waals surface area contributed by atoms with Crippen LogP contribution in [0.15, 0.2) is 47.4 Å². The van der Waals surface area contributed by atoms with Crippen molar-refractivity contribution in [3.05, 3.63) is 53.6 Å². The third-order valence-corrected chi connectivity index (χ3v) is 5.58. The van der Waals surface area contributed by atoms with E-state index in [1.54, 1.807) is 31.3 Å². The van der Waals surface area contributed by atoms with Crippen LogP contribution in [0.4, 0.5) is 8.78 Å². The smallest absolute Gasteiger partial charge is 0.394 e. The minimum absolute atomic E-state index is 0.0337. The van der Waals surface area contributed by atoms with Gasteiger partial charge in [0.1, 0.15) is 5.75 Å². The standard InChI is InChI=1S/C18H19F2N5O3S/c1-18(19,20)28-16-7-5-4-6-13(16)10-12-8-9-14(29(26,27)21-2)11-15(12)17-22-23-24-25(17)3/h4-9,11,21H,10H2,1-3H3. The molecule has 3 aromatic rings. The Bertz CT molecular complexity index is 1130. The highest BCUT2D eigenvalue weighted by Gasteiger charge is 2.25. The first-order valence-electron chi connectivity index (χ1n) is 8.54. The van der Waals surface area contributed by atoms with Crippen LogP contribution in [0.3, 0.4) is 0 Å². The van der Waals surface area contributed by atoms with Crippen LogP contribution in [0.5, 0.6) is 5.75 Å². The lowest BCUT2D eigenvalue weighted by atomic mass is 9.98. The molecule has 0 aliphatic carbocycles. The average Bonchev–Trinajstić information content (AvgIpc) is 3.08. The molecule has 1 N–H and O–H groups in total. The van der Waals surface area contributed by atoms with E-state index in [2.05, 4.69) is 20.2 Å². The van der Waals surface area contributed by atoms with Gasteiger partial charge in [0, 0.05) is 26.0 Å². The molecule has 0 saturated heterocycles. The van der Waals surface area contributed by atoms with Gasteiger partial charge in [0.25, 0.3) is 0 Å². The largest absolute Gasteiger partial charge is 0.432 e. The van der Waals surface area contributed by atoms with Crippen molar-refractivity contribution >= 4 is 10.0 Å². The maximum Gasteiger partial charge on any atom is 0.394 e. The number of aryl methyl sites for hydroxylation is 1. The number of sulfonamides is 1. The number of aromatic nitrogens is 4. The summed E-state index contributed by atoms with van der Waals surface area (Å²) in [6.45, 7) is 0.665. The van der Waals surface area contributed by atoms with Crippen molar-refractivity contribution in [2.75, 3.05) is 7.05 Å². The number of ether oxygens (including phenoxy) is 1. The number of para-hydroxylation sites is 1. The Morgan fingerprint density at radius 2 is 1.90 bits per heavy atom. The second kappa shape index (κ2) is 7.84. The van der Waals surface area contributed by atoms with Crippen molar-refractivity contribution in [1.82, 2.24) is 24.9 Å². The molecule has 0 radical (unpaired) electrons. The van der Waals surface area contributed by atoms with E-state index in [-0.39, 0.29) is 17.1 Å². The van der Waals surface area contributed by atoms with Crippen molar-refractivity contribution in [2.45, 2.75) is 24.3 Å². The predicted molar refractivity (Wildman–Crippen MR) is 101 cm³/mol. The van der Waals surface area contributed by atoms with Crippen LogP contribution < -0.4 is 9.46 Å². The quantitative estimate of drug-likeness (QED) is 0.626. The van der Waals surface area contributed by atoms with E-state index in [0.717, 1.165) is 0 Å². The molecule has 0 amide bonds. The second-order valence-electron chi connectivity index (χ2n) is 6.35. The number of halogens is 2. The van der Waals surface area contributed by atoms with E-state index in [4.69, 9.17) is 4.74 Å². The number of benzene rings is 2. The molecule has 0 saturated carbocycles. The molecule has 2 aromatic carbocycles. The van der Waals surface area contributed by atoms with Crippen LogP contribution in [-0.4, -0.2) is 41.8 Å². The molecule has 1 aromatic heterocycles. The summed E-state index contributed by atoms with van der Waals surface area (Å²) in [7, 11) is -0.769. The Labute approximate surface area is 166 Å². The number of nitrogens with one attached hydrogen (secondary N) is 1. The van der Waals surface area contributed by atoms with Gasteiger partial charge in [0.2, 0.25) is 10.0 Å². The molecule has 0 aliphatic heterocycles. The minimum Gasteiger partial charge on any atom is -0.432 e. The molecular formula is C18H19F2N5O3S. The van der Waals surface area contributed by atoms with Crippen LogP contribution in [0.1, 0.15) is 18.1 Å². The second-order valence-corrected chi connectivity index (χ2v) is 8.23. The highest BCUT2D eigenvalue weighted by Crippen LogP contribution is 2.31. The van der Waals surface area contributed by atoms with Gasteiger partial charge in [-0.25, -0.2) is 17.8 Å². The highest BCUT2D eigenvalue weighted by molar-refractivity contribution is 7.89. The first-order valence-corrected chi connectivity index (χ1v) is 10.0. The molecule has 1 heterocycles. The van der Waals surface area contributed by atoms with Gasteiger partial charge < -0.3 is 4.74 Å². The topological polar surface area (TPSA) is 99.0 Å². The number of rotatable bonds is 7. The lowest BCUT2D eigenvalue weighted by Gasteiger charge is -2.17. The van der Waals surface area contributed by atoms with E-state index >= 15 is 0 Å². The van der Waals surface area contributed by atoms with Crippen LogP contribution in [0.25, 0.3) is 11.4 Å². The molecule has 0 fully saturated rings. The first-order chi connectivity index (χ1) is 13.6. The van der Waals surface area contributed by atoms with Gasteiger partial charge in [-0.05, 0) is 46.8 Å². The van der Waals surface area contributed by atoms with E-state index in [0.29, 0.717) is 29.4 Å². The van der Waals surface area contributed by atoms with Crippen molar-refractivity contribution in [3.8, 4) is 17.1 Å². The van der Waals surface area contributed by atoms with Gasteiger partial charge >= 0.3 is 6.11 Å². The summed E-state index contributed by atoms with van der Waals surface area (Å²) in [5, 5.41) is 11.3. The first kappa shape index (κ1) is 20.8. The zero-order valence-electron chi connectivity index (χ0n) is 15.9. The molecule has 3 rings (SSSR count). The van der Waals surface area contributed by atoms with E-state index < -0.39 is 16.1 Å². The van der Waals surface area contributed by atoms with Crippen LogP contribution >= 0.6 is 0 Å². The molecule has 0 bridgehead atoms. The maximum atomic E-state index is 13.4. The summed E-state index contributed by atoms with van der Waals surface area (Å²) in [4.78, 5) is 0.0337. The van der Waals surface area contributed by atoms with E-state index in [9.17, 15) is 17.2 Å². The predicted octanol–water partition coefficient (Wildman–Crippen LogP) is 2.37. The Morgan fingerprint density at radius 1 is 1.17 bits per heavy atom. The van der Waals surface area contributed by atoms with Crippen LogP contribution in [-0.2, 0) is 23.5 Å². The lowest BCUT2D eigenvalue weighted by molar-refractivity contribution is -0.159. The molecule has 0 spiro atoms. The Morgan fingerprint density at radius 3 is 2.52 bits per heavy atom. The number of hydrogen-bond donors (Lipinski definition) is 1. The number of alkyl halides is 2. The van der Waals surface area contributed by atoms with Gasteiger partial charge in [-0.15, -0.1) is 5.10 Å². The number of hydrogen-bond acceptors (Lipinski definition) is 6. The third-order valence-electron chi connectivity index (χ3n) is 4.16. The molecule has 0 atom stereocenters. The fourth-order valence-electron chi connectivity index (χ4n) is 2.81. The van der Waals surface area contributed by atoms with E-state index in [1.165, 1.54) is 29.9 Å². The minimum atomic E-state index is -3.70. The Kier molecular flexibility index (Phi) is 5.62. The average molecular weight is 423 g/mol. The number of tetrazole rings is 1. The lowest BCUT2D eigenvalue weighted by Crippen LogP contribution is -2.20. The highest BCUT2D eigenvalue weighted by atomic mass is 32.2. The molecule has 154 valence electrons. The molecule has 11 heteroatoms. The van der Waals surface area contributed by atoms with Gasteiger partial charge in [-0.3, -0.25) is 0 Å². The Hall–Kier alpha value is -2.92. The van der Waals surface area contributed by atoms with Crippen molar-refractivity contribution in [3.63, 3.8) is 0 Å². The summed E-state index contributed by atoms with van der Waals surface area (Å²) in [5.74, 6) is 0.376. The van der Waals surface area contributed by atoms with Gasteiger partial charge in [-0.2, -0.15) is 8.78 Å². The van der Waals surface area contributed by atoms with Gasteiger partial charge in [0.15, 0.2) is 5.82 Å². The van der Waals surface area contributed by atoms with Crippen LogP contribution in [0.2, 0.25) is 0 Å². The zero-order valence-corrected chi connectivity index (χ0v) is 16.7. The molecular weight excluding hydrogens is 404 g/mol. The Balaban J connectivity index is 2.10. The SMILES string of the molecule is CNS(=O)(=O)c1ccc(Cc2ccccc2OC(C)(F)F)c(-c2nnnn2C)c1. The molecule has 8 nitrogen and oxygen atoms in total. The molecule has 0 aliphatic rings. The summed E-state index contributed by atoms with van der Waals surface area (Å²) in [5.41, 5.74) is 1.62. The molecule has 0 unspecified atom stereocenters. The fraction of sp³-hybridized carbons (Fsp3) is 0.278. The summed E-state index contributed by atoms with van der Waals surface area (Å²) in [6, 6.07) is 10.9. The third kappa shape index (κ3) is 4.74. The monoisotopic (exact) mass is 423 g/mol.